The molecule has 0 saturated carbocycles. The molecule has 0 radical (unpaired) electrons. The van der Waals surface area contributed by atoms with Gasteiger partial charge in [0.2, 0.25) is 0 Å². The van der Waals surface area contributed by atoms with Crippen LogP contribution in [-0.4, -0.2) is 4.98 Å². The molecular weight excluding hydrogens is 124 g/mol. The van der Waals surface area contributed by atoms with E-state index in [0.29, 0.717) is 6.42 Å². The van der Waals surface area contributed by atoms with Crippen LogP contribution in [-0.2, 0) is 6.42 Å². The van der Waals surface area contributed by atoms with E-state index >= 15 is 0 Å². The topological polar surface area (TPSA) is 36.7 Å². The lowest BCUT2D eigenvalue weighted by Crippen LogP contribution is -1.84. The molecule has 10 heavy (non-hydrogen) atoms. The highest BCUT2D eigenvalue weighted by Gasteiger charge is 1.89. The van der Waals surface area contributed by atoms with Gasteiger partial charge in [-0.3, -0.25) is 4.98 Å². The fourth-order valence-electron chi connectivity index (χ4n) is 0.694. The van der Waals surface area contributed by atoms with Crippen LogP contribution >= 0.6 is 0 Å². The molecule has 0 bridgehead atoms. The van der Waals surface area contributed by atoms with Crippen LogP contribution in [0.1, 0.15) is 11.3 Å². The lowest BCUT2D eigenvalue weighted by Gasteiger charge is -1.92. The molecule has 1 aromatic heterocycles. The van der Waals surface area contributed by atoms with Crippen molar-refractivity contribution in [2.45, 2.75) is 13.3 Å². The summed E-state index contributed by atoms with van der Waals surface area (Å²) in [6, 6.07) is 5.90. The highest BCUT2D eigenvalue weighted by molar-refractivity contribution is 5.16. The average Bonchev–Trinajstić information content (AvgIpc) is 1.95. The van der Waals surface area contributed by atoms with Gasteiger partial charge in [-0.15, -0.1) is 0 Å². The lowest BCUT2D eigenvalue weighted by molar-refractivity contribution is 1.13. The summed E-state index contributed by atoms with van der Waals surface area (Å²) in [4.78, 5) is 4.05. The van der Waals surface area contributed by atoms with E-state index in [1.807, 2.05) is 19.1 Å². The van der Waals surface area contributed by atoms with Gasteiger partial charge >= 0.3 is 0 Å². The predicted molar refractivity (Wildman–Crippen MR) is 38.3 cm³/mol. The number of rotatable bonds is 1. The number of aromatic nitrogens is 1. The van der Waals surface area contributed by atoms with Crippen molar-refractivity contribution in [2.75, 3.05) is 0 Å². The number of nitriles is 1. The number of hydrogen-bond acceptors (Lipinski definition) is 2. The molecule has 0 unspecified atom stereocenters. The van der Waals surface area contributed by atoms with Gasteiger partial charge in [0.15, 0.2) is 0 Å². The first-order chi connectivity index (χ1) is 4.83. The number of nitrogens with zero attached hydrogens (tertiary/aromatic N) is 2. The van der Waals surface area contributed by atoms with Gasteiger partial charge in [0, 0.05) is 11.9 Å². The summed E-state index contributed by atoms with van der Waals surface area (Å²) in [6.45, 7) is 1.93. The summed E-state index contributed by atoms with van der Waals surface area (Å²) in [5.41, 5.74) is 1.97. The Morgan fingerprint density at radius 3 is 2.90 bits per heavy atom. The molecule has 1 aromatic rings. The SMILES string of the molecule is Cc1ccc(CC#N)cn1. The highest BCUT2D eigenvalue weighted by Crippen LogP contribution is 1.98. The minimum atomic E-state index is 0.452. The van der Waals surface area contributed by atoms with Crippen molar-refractivity contribution in [3.8, 4) is 6.07 Å². The van der Waals surface area contributed by atoms with Crippen molar-refractivity contribution in [2.24, 2.45) is 0 Å². The van der Waals surface area contributed by atoms with E-state index in [2.05, 4.69) is 11.1 Å². The molecule has 0 amide bonds. The van der Waals surface area contributed by atoms with Crippen molar-refractivity contribution in [3.63, 3.8) is 0 Å². The smallest absolute Gasteiger partial charge is 0.0670 e. The summed E-state index contributed by atoms with van der Waals surface area (Å²) in [5, 5.41) is 8.31. The zero-order chi connectivity index (χ0) is 7.40. The molecule has 0 N–H and O–H groups in total. The first-order valence-corrected chi connectivity index (χ1v) is 3.11. The third-order valence-electron chi connectivity index (χ3n) is 1.26. The van der Waals surface area contributed by atoms with Crippen LogP contribution in [0.15, 0.2) is 18.3 Å². The molecule has 0 aliphatic heterocycles. The number of pyridine rings is 1. The Balaban J connectivity index is 2.81. The van der Waals surface area contributed by atoms with Crippen LogP contribution in [0.5, 0.6) is 0 Å². The van der Waals surface area contributed by atoms with Gasteiger partial charge < -0.3 is 0 Å². The van der Waals surface area contributed by atoms with Gasteiger partial charge in [0.1, 0.15) is 0 Å². The summed E-state index contributed by atoms with van der Waals surface area (Å²) >= 11 is 0. The fraction of sp³-hybridized carbons (Fsp3) is 0.250. The van der Waals surface area contributed by atoms with Crippen LogP contribution in [0.25, 0.3) is 0 Å². The van der Waals surface area contributed by atoms with E-state index in [1.165, 1.54) is 0 Å². The Morgan fingerprint density at radius 2 is 2.40 bits per heavy atom. The molecule has 1 heterocycles. The Morgan fingerprint density at radius 1 is 1.60 bits per heavy atom. The van der Waals surface area contributed by atoms with Crippen LogP contribution in [0.4, 0.5) is 0 Å². The van der Waals surface area contributed by atoms with Crippen molar-refractivity contribution in [3.05, 3.63) is 29.6 Å². The second kappa shape index (κ2) is 2.98. The summed E-state index contributed by atoms with van der Waals surface area (Å²) in [5.74, 6) is 0. The van der Waals surface area contributed by atoms with Gasteiger partial charge in [0.05, 0.1) is 12.5 Å². The second-order valence-electron chi connectivity index (χ2n) is 2.14. The first-order valence-electron chi connectivity index (χ1n) is 3.11. The Bertz CT molecular complexity index is 243. The third kappa shape index (κ3) is 1.56. The van der Waals surface area contributed by atoms with E-state index < -0.39 is 0 Å². The zero-order valence-electron chi connectivity index (χ0n) is 5.83. The van der Waals surface area contributed by atoms with Crippen LogP contribution in [0.3, 0.4) is 0 Å². The first kappa shape index (κ1) is 6.76. The molecule has 0 spiro atoms. The van der Waals surface area contributed by atoms with Crippen LogP contribution in [0.2, 0.25) is 0 Å². The van der Waals surface area contributed by atoms with Crippen molar-refractivity contribution in [1.29, 1.82) is 5.26 Å². The molecule has 2 nitrogen and oxygen atoms in total. The Kier molecular flexibility index (Phi) is 2.01. The minimum absolute atomic E-state index is 0.452. The van der Waals surface area contributed by atoms with E-state index in [1.54, 1.807) is 6.20 Å². The highest BCUT2D eigenvalue weighted by atomic mass is 14.6. The zero-order valence-corrected chi connectivity index (χ0v) is 5.83. The van der Waals surface area contributed by atoms with Gasteiger partial charge in [-0.05, 0) is 18.6 Å². The predicted octanol–water partition coefficient (Wildman–Crippen LogP) is 1.46. The normalized spacial score (nSPS) is 8.80. The van der Waals surface area contributed by atoms with Crippen molar-refractivity contribution in [1.82, 2.24) is 4.98 Å². The standard InChI is InChI=1S/C8H8N2/c1-7-2-3-8(4-5-9)6-10-7/h2-3,6H,4H2,1H3. The minimum Gasteiger partial charge on any atom is -0.261 e. The molecule has 1 rings (SSSR count). The largest absolute Gasteiger partial charge is 0.261 e. The lowest BCUT2D eigenvalue weighted by atomic mass is 10.2. The monoisotopic (exact) mass is 132 g/mol. The number of aryl methyl sites for hydroxylation is 1. The maximum Gasteiger partial charge on any atom is 0.0670 e. The molecule has 0 atom stereocenters. The van der Waals surface area contributed by atoms with Crippen molar-refractivity contribution >= 4 is 0 Å². The van der Waals surface area contributed by atoms with Crippen LogP contribution < -0.4 is 0 Å². The summed E-state index contributed by atoms with van der Waals surface area (Å²) in [7, 11) is 0. The van der Waals surface area contributed by atoms with Gasteiger partial charge in [-0.2, -0.15) is 5.26 Å². The third-order valence-corrected chi connectivity index (χ3v) is 1.26. The molecule has 2 heteroatoms. The van der Waals surface area contributed by atoms with E-state index in [0.717, 1.165) is 11.3 Å². The van der Waals surface area contributed by atoms with Crippen molar-refractivity contribution < 1.29 is 0 Å². The Hall–Kier alpha value is -1.36. The van der Waals surface area contributed by atoms with Crippen LogP contribution in [0, 0.1) is 18.3 Å². The van der Waals surface area contributed by atoms with E-state index in [9.17, 15) is 0 Å². The number of hydrogen-bond donors (Lipinski definition) is 0. The van der Waals surface area contributed by atoms with E-state index in [4.69, 9.17) is 5.26 Å². The molecule has 50 valence electrons. The molecule has 0 aliphatic carbocycles. The van der Waals surface area contributed by atoms with Gasteiger partial charge in [-0.25, -0.2) is 0 Å². The average molecular weight is 132 g/mol. The second-order valence-corrected chi connectivity index (χ2v) is 2.14. The molecule has 0 aliphatic rings. The molecule has 0 aromatic carbocycles. The molecular formula is C8H8N2. The summed E-state index contributed by atoms with van der Waals surface area (Å²) in [6.07, 6.45) is 2.19. The summed E-state index contributed by atoms with van der Waals surface area (Å²) < 4.78 is 0. The fourth-order valence-corrected chi connectivity index (χ4v) is 0.694. The van der Waals surface area contributed by atoms with Gasteiger partial charge in [-0.1, -0.05) is 6.07 Å². The maximum absolute atomic E-state index is 8.31. The quantitative estimate of drug-likeness (QED) is 0.580. The molecule has 0 fully saturated rings. The molecule has 0 saturated heterocycles. The Labute approximate surface area is 60.1 Å². The van der Waals surface area contributed by atoms with Gasteiger partial charge in [0.25, 0.3) is 0 Å². The maximum atomic E-state index is 8.31. The van der Waals surface area contributed by atoms with E-state index in [-0.39, 0.29) is 0 Å².